The van der Waals surface area contributed by atoms with Crippen LogP contribution in [0.2, 0.25) is 0 Å². The van der Waals surface area contributed by atoms with Gasteiger partial charge in [0.25, 0.3) is 0 Å². The third-order valence-electron chi connectivity index (χ3n) is 4.21. The van der Waals surface area contributed by atoms with Gasteiger partial charge in [-0.3, -0.25) is 10.1 Å². The molecular formula is C17H12N2O4. The van der Waals surface area contributed by atoms with Gasteiger partial charge in [0.05, 0.1) is 5.92 Å². The molecule has 114 valence electrons. The number of fused-ring (bicyclic) bond motifs is 2. The molecule has 0 fully saturated rings. The lowest BCUT2D eigenvalue weighted by molar-refractivity contribution is -0.513. The number of nitrogens with zero attached hydrogens (tertiary/aromatic N) is 1. The molecule has 0 amide bonds. The van der Waals surface area contributed by atoms with E-state index in [1.165, 1.54) is 0 Å². The fourth-order valence-electron chi connectivity index (χ4n) is 3.20. The van der Waals surface area contributed by atoms with Crippen LogP contribution in [0.4, 0.5) is 0 Å². The van der Waals surface area contributed by atoms with Crippen molar-refractivity contribution < 1.29 is 14.5 Å². The van der Waals surface area contributed by atoms with Gasteiger partial charge in [-0.15, -0.1) is 0 Å². The van der Waals surface area contributed by atoms with E-state index in [0.29, 0.717) is 11.3 Å². The normalized spacial score (nSPS) is 20.1. The van der Waals surface area contributed by atoms with Gasteiger partial charge >= 0.3 is 12.0 Å². The van der Waals surface area contributed by atoms with E-state index in [1.54, 1.807) is 30.5 Å². The van der Waals surface area contributed by atoms with E-state index in [9.17, 15) is 14.9 Å². The van der Waals surface area contributed by atoms with Crippen LogP contribution in [0.15, 0.2) is 54.7 Å². The first-order chi connectivity index (χ1) is 11.2. The van der Waals surface area contributed by atoms with Gasteiger partial charge in [0.2, 0.25) is 0 Å². The monoisotopic (exact) mass is 308 g/mol. The summed E-state index contributed by atoms with van der Waals surface area (Å²) >= 11 is 0. The summed E-state index contributed by atoms with van der Waals surface area (Å²) in [6.45, 7) is 0. The number of nitro groups is 1. The molecule has 6 heteroatoms. The predicted molar refractivity (Wildman–Crippen MR) is 83.0 cm³/mol. The van der Waals surface area contributed by atoms with Crippen molar-refractivity contribution >= 4 is 16.9 Å². The zero-order valence-electron chi connectivity index (χ0n) is 11.9. The summed E-state index contributed by atoms with van der Waals surface area (Å²) in [7, 11) is 0. The van der Waals surface area contributed by atoms with Crippen LogP contribution >= 0.6 is 0 Å². The lowest BCUT2D eigenvalue weighted by Crippen LogP contribution is -2.42. The SMILES string of the molecule is O=C1Oc2ccccc2[C@@H](c2c[nH]c3ccccc23)[C@H]1[N+](=O)[O-]. The molecule has 0 radical (unpaired) electrons. The highest BCUT2D eigenvalue weighted by Crippen LogP contribution is 2.42. The second-order valence-electron chi connectivity index (χ2n) is 5.46. The van der Waals surface area contributed by atoms with Gasteiger partial charge in [-0.1, -0.05) is 36.4 Å². The number of para-hydroxylation sites is 2. The minimum absolute atomic E-state index is 0.380. The maximum atomic E-state index is 12.2. The molecule has 3 aromatic rings. The smallest absolute Gasteiger partial charge is 0.388 e. The average molecular weight is 308 g/mol. The summed E-state index contributed by atoms with van der Waals surface area (Å²) in [6.07, 6.45) is 1.74. The van der Waals surface area contributed by atoms with Crippen LogP contribution in [0.25, 0.3) is 10.9 Å². The fourth-order valence-corrected chi connectivity index (χ4v) is 3.20. The first kappa shape index (κ1) is 13.5. The Hall–Kier alpha value is -3.15. The highest BCUT2D eigenvalue weighted by Gasteiger charge is 2.48. The van der Waals surface area contributed by atoms with Gasteiger partial charge in [-0.05, 0) is 17.7 Å². The number of hydrogen-bond donors (Lipinski definition) is 1. The van der Waals surface area contributed by atoms with E-state index < -0.39 is 22.9 Å². The third kappa shape index (κ3) is 1.99. The molecule has 0 bridgehead atoms. The Balaban J connectivity index is 1.99. The van der Waals surface area contributed by atoms with Crippen molar-refractivity contribution in [2.45, 2.75) is 12.0 Å². The molecule has 1 N–H and O–H groups in total. The molecule has 1 aliphatic rings. The van der Waals surface area contributed by atoms with Crippen molar-refractivity contribution in [1.29, 1.82) is 0 Å². The Labute approximate surface area is 130 Å². The zero-order chi connectivity index (χ0) is 16.0. The number of ether oxygens (including phenoxy) is 1. The van der Waals surface area contributed by atoms with Gasteiger partial charge < -0.3 is 9.72 Å². The summed E-state index contributed by atoms with van der Waals surface area (Å²) in [6, 6.07) is 13.0. The second kappa shape index (κ2) is 4.95. The predicted octanol–water partition coefficient (Wildman–Crippen LogP) is 2.86. The van der Waals surface area contributed by atoms with E-state index in [4.69, 9.17) is 4.74 Å². The van der Waals surface area contributed by atoms with Crippen molar-refractivity contribution in [1.82, 2.24) is 4.98 Å². The number of rotatable bonds is 2. The van der Waals surface area contributed by atoms with Crippen LogP contribution in [0, 0.1) is 10.1 Å². The quantitative estimate of drug-likeness (QED) is 0.341. The number of aromatic nitrogens is 1. The summed E-state index contributed by atoms with van der Waals surface area (Å²) in [4.78, 5) is 26.2. The maximum absolute atomic E-state index is 12.2. The van der Waals surface area contributed by atoms with Crippen LogP contribution in [-0.2, 0) is 4.79 Å². The molecule has 2 heterocycles. The van der Waals surface area contributed by atoms with E-state index in [1.807, 2.05) is 24.3 Å². The van der Waals surface area contributed by atoms with Crippen molar-refractivity contribution in [2.75, 3.05) is 0 Å². The molecule has 23 heavy (non-hydrogen) atoms. The van der Waals surface area contributed by atoms with Gasteiger partial charge in [-0.25, -0.2) is 4.79 Å². The molecular weight excluding hydrogens is 296 g/mol. The minimum Gasteiger partial charge on any atom is -0.421 e. The topological polar surface area (TPSA) is 85.2 Å². The molecule has 0 saturated carbocycles. The van der Waals surface area contributed by atoms with Crippen molar-refractivity contribution in [2.24, 2.45) is 0 Å². The molecule has 0 saturated heterocycles. The maximum Gasteiger partial charge on any atom is 0.388 e. The van der Waals surface area contributed by atoms with Crippen LogP contribution in [0.1, 0.15) is 17.0 Å². The molecule has 1 aromatic heterocycles. The lowest BCUT2D eigenvalue weighted by Gasteiger charge is -2.26. The largest absolute Gasteiger partial charge is 0.421 e. The summed E-state index contributed by atoms with van der Waals surface area (Å²) < 4.78 is 5.16. The van der Waals surface area contributed by atoms with Crippen LogP contribution in [0.3, 0.4) is 0 Å². The third-order valence-corrected chi connectivity index (χ3v) is 4.21. The number of hydrogen-bond acceptors (Lipinski definition) is 4. The first-order valence-electron chi connectivity index (χ1n) is 7.17. The Bertz CT molecular complexity index is 931. The van der Waals surface area contributed by atoms with Crippen LogP contribution in [0.5, 0.6) is 5.75 Å². The molecule has 0 spiro atoms. The minimum atomic E-state index is -1.45. The molecule has 2 atom stereocenters. The number of benzene rings is 2. The second-order valence-corrected chi connectivity index (χ2v) is 5.46. The van der Waals surface area contributed by atoms with E-state index in [0.717, 1.165) is 16.5 Å². The summed E-state index contributed by atoms with van der Waals surface area (Å²) in [5.74, 6) is -1.13. The number of aromatic amines is 1. The highest BCUT2D eigenvalue weighted by molar-refractivity contribution is 5.88. The van der Waals surface area contributed by atoms with Crippen LogP contribution < -0.4 is 4.74 Å². The summed E-state index contributed by atoms with van der Waals surface area (Å²) in [5.41, 5.74) is 2.26. The number of carbonyl (C=O) groups excluding carboxylic acids is 1. The van der Waals surface area contributed by atoms with Crippen molar-refractivity contribution in [3.05, 3.63) is 76.0 Å². The van der Waals surface area contributed by atoms with Crippen molar-refractivity contribution in [3.63, 3.8) is 0 Å². The van der Waals surface area contributed by atoms with Gasteiger partial charge in [0, 0.05) is 27.6 Å². The zero-order valence-corrected chi connectivity index (χ0v) is 11.9. The molecule has 2 aromatic carbocycles. The van der Waals surface area contributed by atoms with E-state index >= 15 is 0 Å². The Morgan fingerprint density at radius 2 is 1.78 bits per heavy atom. The number of carbonyl (C=O) groups is 1. The van der Waals surface area contributed by atoms with Crippen LogP contribution in [-0.4, -0.2) is 21.9 Å². The Morgan fingerprint density at radius 3 is 2.61 bits per heavy atom. The Kier molecular flexibility index (Phi) is 2.90. The molecule has 0 aliphatic carbocycles. The van der Waals surface area contributed by atoms with E-state index in [2.05, 4.69) is 4.98 Å². The highest BCUT2D eigenvalue weighted by atomic mass is 16.6. The van der Waals surface area contributed by atoms with E-state index in [-0.39, 0.29) is 0 Å². The molecule has 1 aliphatic heterocycles. The molecule has 4 rings (SSSR count). The van der Waals surface area contributed by atoms with Gasteiger partial charge in [0.15, 0.2) is 0 Å². The molecule has 0 unspecified atom stereocenters. The van der Waals surface area contributed by atoms with Gasteiger partial charge in [-0.2, -0.15) is 0 Å². The Morgan fingerprint density at radius 1 is 1.04 bits per heavy atom. The average Bonchev–Trinajstić information content (AvgIpc) is 2.97. The van der Waals surface area contributed by atoms with Crippen molar-refractivity contribution in [3.8, 4) is 5.75 Å². The standard InChI is InChI=1S/C17H12N2O4/c20-17-16(19(21)22)15(11-6-2-4-8-14(11)23-17)12-9-18-13-7-3-1-5-10(12)13/h1-9,15-16,18H/t15-,16+/m0/s1. The molecule has 6 nitrogen and oxygen atoms in total. The number of H-pyrrole nitrogens is 1. The number of nitrogens with one attached hydrogen (secondary N) is 1. The van der Waals surface area contributed by atoms with Gasteiger partial charge in [0.1, 0.15) is 5.75 Å². The lowest BCUT2D eigenvalue weighted by atomic mass is 9.83. The fraction of sp³-hybridized carbons (Fsp3) is 0.118. The number of esters is 1. The summed E-state index contributed by atoms with van der Waals surface area (Å²) in [5, 5.41) is 12.4. The first-order valence-corrected chi connectivity index (χ1v) is 7.17.